The molecule has 4 aromatic heterocycles. The lowest BCUT2D eigenvalue weighted by Crippen LogP contribution is -2.51. The summed E-state index contributed by atoms with van der Waals surface area (Å²) in [5, 5.41) is 13.2. The maximum atomic E-state index is 13.3. The highest BCUT2D eigenvalue weighted by Crippen LogP contribution is 2.35. The summed E-state index contributed by atoms with van der Waals surface area (Å²) in [5.74, 6) is -0.208. The molecule has 60 heavy (non-hydrogen) atoms. The van der Waals surface area contributed by atoms with Gasteiger partial charge in [-0.3, -0.25) is 24.4 Å². The van der Waals surface area contributed by atoms with E-state index >= 15 is 0 Å². The van der Waals surface area contributed by atoms with E-state index in [1.54, 1.807) is 37.6 Å². The van der Waals surface area contributed by atoms with Crippen molar-refractivity contribution in [3.8, 4) is 11.4 Å². The number of likely N-dealkylation sites (tertiary alicyclic amines) is 2. The van der Waals surface area contributed by atoms with E-state index in [9.17, 15) is 18.8 Å². The Morgan fingerprint density at radius 3 is 2.18 bits per heavy atom. The molecule has 9 rings (SSSR count). The number of hydrogen-bond acceptors (Lipinski definition) is 12. The molecule has 3 atom stereocenters. The number of anilines is 2. The van der Waals surface area contributed by atoms with Crippen LogP contribution in [0.25, 0.3) is 22.3 Å². The molecule has 2 bridgehead atoms. The number of nitrogens with zero attached hydrogens (tertiary/aromatic N) is 10. The zero-order valence-electron chi connectivity index (χ0n) is 33.0. The van der Waals surface area contributed by atoms with Crippen LogP contribution in [-0.4, -0.2) is 119 Å². The molecule has 19 heteroatoms. The Hall–Kier alpha value is -5.98. The molecule has 0 spiro atoms. The van der Waals surface area contributed by atoms with Crippen LogP contribution in [0.4, 0.5) is 15.8 Å². The Morgan fingerprint density at radius 1 is 0.883 bits per heavy atom. The molecular weight excluding hydrogens is 857 g/mol. The number of aromatic nitrogens is 8. The first kappa shape index (κ1) is 42.2. The molecule has 3 aliphatic heterocycles. The number of carbonyl (C=O) groups is 3. The number of benzene rings is 2. The molecule has 310 valence electrons. The van der Waals surface area contributed by atoms with Crippen LogP contribution in [0.1, 0.15) is 34.5 Å². The monoisotopic (exact) mass is 897 g/mol. The number of carbonyl (C=O) groups excluding carboxylic acids is 3. The minimum Gasteiger partial charge on any atom is -0.365 e. The average Bonchev–Trinajstić information content (AvgIpc) is 4.08. The summed E-state index contributed by atoms with van der Waals surface area (Å²) in [6, 6.07) is 14.2. The van der Waals surface area contributed by atoms with Crippen molar-refractivity contribution in [3.05, 3.63) is 112 Å². The van der Waals surface area contributed by atoms with Crippen molar-refractivity contribution >= 4 is 67.5 Å². The van der Waals surface area contributed by atoms with Gasteiger partial charge in [-0.1, -0.05) is 0 Å². The number of nitrogens with one attached hydrogen (secondary N) is 3. The minimum atomic E-state index is -0.477. The van der Waals surface area contributed by atoms with Crippen LogP contribution in [0.5, 0.6) is 0 Å². The Balaban J connectivity index is 0.000000283. The van der Waals surface area contributed by atoms with Gasteiger partial charge in [-0.25, -0.2) is 34.3 Å². The van der Waals surface area contributed by atoms with E-state index in [0.29, 0.717) is 47.9 Å². The Morgan fingerprint density at radius 2 is 1.57 bits per heavy atom. The largest absolute Gasteiger partial charge is 0.365 e. The highest BCUT2D eigenvalue weighted by Gasteiger charge is 2.45. The summed E-state index contributed by atoms with van der Waals surface area (Å²) in [6.07, 6.45) is 10.9. The fourth-order valence-corrected chi connectivity index (χ4v) is 7.71. The third kappa shape index (κ3) is 10.2. The van der Waals surface area contributed by atoms with Crippen LogP contribution in [-0.2, 0) is 9.59 Å². The van der Waals surface area contributed by atoms with Gasteiger partial charge < -0.3 is 20.4 Å². The smallest absolute Gasteiger partial charge is 0.272 e. The number of fused-ring (bicyclic) bond motifs is 3. The van der Waals surface area contributed by atoms with Crippen LogP contribution in [0.15, 0.2) is 84.4 Å². The fraction of sp³-hybridized carbons (Fsp3) is 0.317. The second-order valence-corrected chi connectivity index (χ2v) is 15.7. The van der Waals surface area contributed by atoms with E-state index in [4.69, 9.17) is 11.6 Å². The van der Waals surface area contributed by atoms with Crippen molar-refractivity contribution < 1.29 is 18.8 Å². The van der Waals surface area contributed by atoms with Crippen LogP contribution < -0.4 is 15.5 Å². The first-order chi connectivity index (χ1) is 28.9. The van der Waals surface area contributed by atoms with Gasteiger partial charge in [0.1, 0.15) is 0 Å². The molecule has 3 fully saturated rings. The van der Waals surface area contributed by atoms with Gasteiger partial charge in [0.25, 0.3) is 5.91 Å². The molecule has 0 saturated carbocycles. The summed E-state index contributed by atoms with van der Waals surface area (Å²) < 4.78 is 12.5. The quantitative estimate of drug-likeness (QED) is 0.177. The number of rotatable bonds is 7. The Labute approximate surface area is 358 Å². The maximum Gasteiger partial charge on any atom is 0.272 e. The highest BCUT2D eigenvalue weighted by atomic mass is 79.9. The fourth-order valence-electron chi connectivity index (χ4n) is 7.41. The first-order valence-electron chi connectivity index (χ1n) is 19.2. The highest BCUT2D eigenvalue weighted by molar-refractivity contribution is 9.10. The Kier molecular flexibility index (Phi) is 13.3. The lowest BCUT2D eigenvalue weighted by molar-refractivity contribution is -0.133. The van der Waals surface area contributed by atoms with Gasteiger partial charge in [-0.2, -0.15) is 5.10 Å². The van der Waals surface area contributed by atoms with Crippen molar-refractivity contribution in [1.29, 1.82) is 0 Å². The predicted molar refractivity (Wildman–Crippen MR) is 228 cm³/mol. The normalized spacial score (nSPS) is 18.1. The van der Waals surface area contributed by atoms with Crippen LogP contribution in [0.3, 0.4) is 0 Å². The van der Waals surface area contributed by atoms with Crippen molar-refractivity contribution in [2.45, 2.75) is 38.8 Å². The summed E-state index contributed by atoms with van der Waals surface area (Å²) in [7, 11) is 1.55. The molecule has 3 saturated heterocycles. The van der Waals surface area contributed by atoms with Gasteiger partial charge in [0.15, 0.2) is 22.1 Å². The topological polar surface area (TPSA) is 191 Å². The first-order valence-corrected chi connectivity index (χ1v) is 20.4. The van der Waals surface area contributed by atoms with E-state index in [2.05, 4.69) is 101 Å². The zero-order valence-corrected chi connectivity index (χ0v) is 35.4. The summed E-state index contributed by atoms with van der Waals surface area (Å²) in [4.78, 5) is 68.4. The summed E-state index contributed by atoms with van der Waals surface area (Å²) in [6.45, 7) is 7.05. The second kappa shape index (κ2) is 18.9. The van der Waals surface area contributed by atoms with Crippen molar-refractivity contribution in [2.75, 3.05) is 50.0 Å². The van der Waals surface area contributed by atoms with Gasteiger partial charge in [0.05, 0.1) is 36.4 Å². The number of amides is 3. The maximum absolute atomic E-state index is 13.3. The molecule has 3 aliphatic rings. The molecule has 0 radical (unpaired) electrons. The van der Waals surface area contributed by atoms with Gasteiger partial charge in [0.2, 0.25) is 17.1 Å². The van der Waals surface area contributed by atoms with E-state index < -0.39 is 5.82 Å². The summed E-state index contributed by atoms with van der Waals surface area (Å²) in [5.41, 5.74) is 5.87. The lowest BCUT2D eigenvalue weighted by atomic mass is 10.1. The second-order valence-electron chi connectivity index (χ2n) is 14.7. The summed E-state index contributed by atoms with van der Waals surface area (Å²) >= 11 is 8.35. The van der Waals surface area contributed by atoms with Crippen LogP contribution >= 0.6 is 27.5 Å². The van der Waals surface area contributed by atoms with Crippen molar-refractivity contribution in [3.63, 3.8) is 0 Å². The molecular formula is C41H42BrClFN13O3. The minimum absolute atomic E-state index is 0.0615. The number of aromatic amines is 1. The SMILES string of the molecule is CNC(=O)c1n[nH]c2ccc(NC(=O)[C@@H]3CCN(CC(=O)N4C[C@@H]5C[C@H]4CN5c4ccc(-c5ncc(C)cn5)cc4)C3)cc12.Cc1cnc(Br)nc1.Fc1cnc(Cl)nc1. The number of hydrogen-bond donors (Lipinski definition) is 3. The molecule has 2 aromatic carbocycles. The molecule has 16 nitrogen and oxygen atoms in total. The standard InChI is InChI=1S/C32H35N9O3.C5H5BrN2.C4H2ClFN2/c1-19-13-34-30(35-14-19)20-3-6-23(7-4-20)40-16-25-12-24(40)17-41(25)28(42)18-39-10-9-21(15-39)31(43)36-22-5-8-27-26(11-22)29(38-37-27)32(44)33-2;1-4-2-7-5(6)8-3-4;5-4-7-1-3(6)2-8-4/h3-8,11,13-14,21,24-25H,9-10,12,15-18H2,1-2H3,(H,33,44)(H,36,43)(H,37,38);2-3H,1H3;1-2H/t21-,24+,25+;;/m1../s1. The average molecular weight is 899 g/mol. The van der Waals surface area contributed by atoms with Gasteiger partial charge >= 0.3 is 0 Å². The third-order valence-corrected chi connectivity index (χ3v) is 11.0. The zero-order chi connectivity index (χ0) is 42.3. The predicted octanol–water partition coefficient (Wildman–Crippen LogP) is 5.25. The molecule has 6 aromatic rings. The van der Waals surface area contributed by atoms with Gasteiger partial charge in [-0.15, -0.1) is 0 Å². The molecule has 0 aliphatic carbocycles. The van der Waals surface area contributed by atoms with E-state index in [-0.39, 0.29) is 40.7 Å². The lowest BCUT2D eigenvalue weighted by Gasteiger charge is -2.36. The molecule has 3 amide bonds. The molecule has 0 unspecified atom stereocenters. The number of piperazine rings is 1. The third-order valence-electron chi connectivity index (χ3n) is 10.4. The van der Waals surface area contributed by atoms with Gasteiger partial charge in [-0.05, 0) is 114 Å². The van der Waals surface area contributed by atoms with E-state index in [1.165, 1.54) is 0 Å². The van der Waals surface area contributed by atoms with Crippen LogP contribution in [0.2, 0.25) is 5.28 Å². The Bertz CT molecular complexity index is 2360. The van der Waals surface area contributed by atoms with Crippen molar-refractivity contribution in [1.82, 2.24) is 55.2 Å². The number of H-pyrrole nitrogens is 1. The number of halogens is 3. The van der Waals surface area contributed by atoms with Crippen LogP contribution in [0, 0.1) is 25.6 Å². The van der Waals surface area contributed by atoms with Crippen molar-refractivity contribution in [2.24, 2.45) is 5.92 Å². The van der Waals surface area contributed by atoms with E-state index in [0.717, 1.165) is 65.6 Å². The molecule has 7 heterocycles. The van der Waals surface area contributed by atoms with Gasteiger partial charge in [0, 0.05) is 79.8 Å². The van der Waals surface area contributed by atoms with E-state index in [1.807, 2.05) is 31.1 Å². The molecule has 3 N–H and O–H groups in total. The number of aryl methyl sites for hydroxylation is 2.